The maximum atomic E-state index is 10.3. The second-order valence-corrected chi connectivity index (χ2v) is 2.89. The Kier molecular flexibility index (Phi) is 2.86. The number of hydrogen-bond acceptors (Lipinski definition) is 2. The van der Waals surface area contributed by atoms with E-state index in [2.05, 4.69) is 0 Å². The molecule has 0 bridgehead atoms. The quantitative estimate of drug-likeness (QED) is 0.629. The third-order valence-electron chi connectivity index (χ3n) is 1.78. The summed E-state index contributed by atoms with van der Waals surface area (Å²) < 4.78 is 0. The van der Waals surface area contributed by atoms with Crippen molar-refractivity contribution < 1.29 is 4.79 Å². The summed E-state index contributed by atoms with van der Waals surface area (Å²) in [5.74, 6) is 0. The van der Waals surface area contributed by atoms with Crippen LogP contribution in [0.2, 0.25) is 0 Å². The number of anilines is 1. The molecule has 12 heavy (non-hydrogen) atoms. The first-order chi connectivity index (χ1) is 5.75. The minimum absolute atomic E-state index is 0.494. The van der Waals surface area contributed by atoms with Crippen LogP contribution in [-0.2, 0) is 11.2 Å². The van der Waals surface area contributed by atoms with Crippen LogP contribution in [0, 0.1) is 0 Å². The molecule has 0 aliphatic rings. The number of hydrogen-bond donors (Lipinski definition) is 0. The van der Waals surface area contributed by atoms with E-state index in [0.29, 0.717) is 6.42 Å². The third kappa shape index (κ3) is 1.84. The molecule has 0 aromatic heterocycles. The largest absolute Gasteiger partial charge is 0.377 e. The second kappa shape index (κ2) is 3.90. The molecular weight excluding hydrogens is 150 g/mol. The lowest BCUT2D eigenvalue weighted by atomic mass is 10.1. The van der Waals surface area contributed by atoms with Gasteiger partial charge in [-0.25, -0.2) is 0 Å². The summed E-state index contributed by atoms with van der Waals surface area (Å²) in [6.07, 6.45) is 1.43. The molecule has 0 aliphatic heterocycles. The van der Waals surface area contributed by atoms with E-state index >= 15 is 0 Å². The van der Waals surface area contributed by atoms with E-state index in [4.69, 9.17) is 0 Å². The molecule has 0 aliphatic carbocycles. The standard InChI is InChI=1S/C10H13NO/c1-11(2)10-6-4-3-5-9(10)7-8-12/h3-6,8H,7H2,1-2H3. The summed E-state index contributed by atoms with van der Waals surface area (Å²) >= 11 is 0. The van der Waals surface area contributed by atoms with Crippen molar-refractivity contribution in [2.24, 2.45) is 0 Å². The molecule has 2 heteroatoms. The lowest BCUT2D eigenvalue weighted by Crippen LogP contribution is -2.11. The summed E-state index contributed by atoms with van der Waals surface area (Å²) in [5.41, 5.74) is 2.20. The number of aldehydes is 1. The highest BCUT2D eigenvalue weighted by Crippen LogP contribution is 2.17. The number of benzene rings is 1. The Hall–Kier alpha value is -1.31. The van der Waals surface area contributed by atoms with E-state index in [1.807, 2.05) is 43.3 Å². The highest BCUT2D eigenvalue weighted by molar-refractivity contribution is 5.63. The molecule has 1 aromatic carbocycles. The summed E-state index contributed by atoms with van der Waals surface area (Å²) in [6.45, 7) is 0. The molecule has 0 amide bonds. The summed E-state index contributed by atoms with van der Waals surface area (Å²) in [6, 6.07) is 7.91. The van der Waals surface area contributed by atoms with Gasteiger partial charge in [0.2, 0.25) is 0 Å². The Morgan fingerprint density at radius 1 is 1.33 bits per heavy atom. The van der Waals surface area contributed by atoms with Crippen molar-refractivity contribution in [2.75, 3.05) is 19.0 Å². The fourth-order valence-electron chi connectivity index (χ4n) is 1.21. The lowest BCUT2D eigenvalue weighted by Gasteiger charge is -2.15. The molecule has 0 atom stereocenters. The van der Waals surface area contributed by atoms with Gasteiger partial charge in [-0.15, -0.1) is 0 Å². The molecule has 0 spiro atoms. The number of nitrogens with zero attached hydrogens (tertiary/aromatic N) is 1. The summed E-state index contributed by atoms with van der Waals surface area (Å²) in [5, 5.41) is 0. The average Bonchev–Trinajstić information content (AvgIpc) is 2.05. The van der Waals surface area contributed by atoms with Gasteiger partial charge in [-0.2, -0.15) is 0 Å². The van der Waals surface area contributed by atoms with Crippen LogP contribution in [0.15, 0.2) is 24.3 Å². The van der Waals surface area contributed by atoms with E-state index in [-0.39, 0.29) is 0 Å². The van der Waals surface area contributed by atoms with Gasteiger partial charge in [-0.1, -0.05) is 18.2 Å². The van der Waals surface area contributed by atoms with Gasteiger partial charge in [0.25, 0.3) is 0 Å². The predicted octanol–water partition coefficient (Wildman–Crippen LogP) is 1.49. The highest BCUT2D eigenvalue weighted by atomic mass is 16.1. The van der Waals surface area contributed by atoms with Crippen molar-refractivity contribution in [3.05, 3.63) is 29.8 Å². The number of para-hydroxylation sites is 1. The van der Waals surface area contributed by atoms with Gasteiger partial charge in [0.05, 0.1) is 0 Å². The fourth-order valence-corrected chi connectivity index (χ4v) is 1.21. The van der Waals surface area contributed by atoms with Crippen LogP contribution in [0.4, 0.5) is 5.69 Å². The Morgan fingerprint density at radius 2 is 2.00 bits per heavy atom. The van der Waals surface area contributed by atoms with Crippen LogP contribution in [0.25, 0.3) is 0 Å². The minimum Gasteiger partial charge on any atom is -0.377 e. The smallest absolute Gasteiger partial charge is 0.124 e. The van der Waals surface area contributed by atoms with E-state index in [1.54, 1.807) is 0 Å². The number of rotatable bonds is 3. The zero-order valence-corrected chi connectivity index (χ0v) is 7.45. The molecule has 0 saturated carbocycles. The first-order valence-corrected chi connectivity index (χ1v) is 3.94. The van der Waals surface area contributed by atoms with Gasteiger partial charge in [-0.3, -0.25) is 0 Å². The predicted molar refractivity (Wildman–Crippen MR) is 50.5 cm³/mol. The normalized spacial score (nSPS) is 9.50. The molecule has 0 fully saturated rings. The Bertz CT molecular complexity index is 268. The van der Waals surface area contributed by atoms with Crippen molar-refractivity contribution in [2.45, 2.75) is 6.42 Å². The maximum Gasteiger partial charge on any atom is 0.124 e. The van der Waals surface area contributed by atoms with Crippen LogP contribution in [0.5, 0.6) is 0 Å². The minimum atomic E-state index is 0.494. The Morgan fingerprint density at radius 3 is 2.58 bits per heavy atom. The monoisotopic (exact) mass is 163 g/mol. The Labute approximate surface area is 72.8 Å². The second-order valence-electron chi connectivity index (χ2n) is 2.89. The van der Waals surface area contributed by atoms with Crippen LogP contribution < -0.4 is 4.90 Å². The van der Waals surface area contributed by atoms with Gasteiger partial charge < -0.3 is 9.69 Å². The average molecular weight is 163 g/mol. The first kappa shape index (κ1) is 8.78. The zero-order chi connectivity index (χ0) is 8.97. The van der Waals surface area contributed by atoms with Crippen molar-refractivity contribution >= 4 is 12.0 Å². The molecule has 0 unspecified atom stereocenters. The van der Waals surface area contributed by atoms with Gasteiger partial charge in [0.15, 0.2) is 0 Å². The number of carbonyl (C=O) groups is 1. The van der Waals surface area contributed by atoms with Gasteiger partial charge in [0, 0.05) is 26.2 Å². The molecule has 0 radical (unpaired) electrons. The molecule has 1 aromatic rings. The van der Waals surface area contributed by atoms with Crippen LogP contribution in [-0.4, -0.2) is 20.4 Å². The molecule has 0 N–H and O–H groups in total. The molecule has 2 nitrogen and oxygen atoms in total. The van der Waals surface area contributed by atoms with E-state index in [9.17, 15) is 4.79 Å². The van der Waals surface area contributed by atoms with Crippen molar-refractivity contribution in [1.82, 2.24) is 0 Å². The summed E-state index contributed by atoms with van der Waals surface area (Å²) in [7, 11) is 3.95. The van der Waals surface area contributed by atoms with Crippen molar-refractivity contribution in [3.8, 4) is 0 Å². The fraction of sp³-hybridized carbons (Fsp3) is 0.300. The van der Waals surface area contributed by atoms with Crippen LogP contribution >= 0.6 is 0 Å². The summed E-state index contributed by atoms with van der Waals surface area (Å²) in [4.78, 5) is 12.3. The molecule has 0 saturated heterocycles. The zero-order valence-electron chi connectivity index (χ0n) is 7.45. The van der Waals surface area contributed by atoms with E-state index < -0.39 is 0 Å². The molecular formula is C10H13NO. The van der Waals surface area contributed by atoms with E-state index in [1.165, 1.54) is 0 Å². The van der Waals surface area contributed by atoms with Crippen molar-refractivity contribution in [3.63, 3.8) is 0 Å². The maximum absolute atomic E-state index is 10.3. The topological polar surface area (TPSA) is 20.3 Å². The van der Waals surface area contributed by atoms with Gasteiger partial charge >= 0.3 is 0 Å². The third-order valence-corrected chi connectivity index (χ3v) is 1.78. The SMILES string of the molecule is CN(C)c1ccccc1CC=O. The van der Waals surface area contributed by atoms with Crippen molar-refractivity contribution in [1.29, 1.82) is 0 Å². The van der Waals surface area contributed by atoms with Gasteiger partial charge in [0.1, 0.15) is 6.29 Å². The molecule has 1 rings (SSSR count). The highest BCUT2D eigenvalue weighted by Gasteiger charge is 2.01. The van der Waals surface area contributed by atoms with E-state index in [0.717, 1.165) is 17.5 Å². The first-order valence-electron chi connectivity index (χ1n) is 3.94. The number of carbonyl (C=O) groups excluding carboxylic acids is 1. The van der Waals surface area contributed by atoms with Gasteiger partial charge in [-0.05, 0) is 11.6 Å². The van der Waals surface area contributed by atoms with Crippen LogP contribution in [0.3, 0.4) is 0 Å². The van der Waals surface area contributed by atoms with Crippen LogP contribution in [0.1, 0.15) is 5.56 Å². The molecule has 64 valence electrons. The lowest BCUT2D eigenvalue weighted by molar-refractivity contribution is -0.107. The Balaban J connectivity index is 2.99. The molecule has 0 heterocycles.